The lowest BCUT2D eigenvalue weighted by molar-refractivity contribution is -0.151. The van der Waals surface area contributed by atoms with E-state index < -0.39 is 35.4 Å². The summed E-state index contributed by atoms with van der Waals surface area (Å²) in [7, 11) is -1.05. The largest absolute Gasteiger partial charge is 0.525 e. The first-order valence-electron chi connectivity index (χ1n) is 8.57. The molecule has 1 aromatic carbocycles. The summed E-state index contributed by atoms with van der Waals surface area (Å²) in [5.74, 6) is -0.887. The zero-order valence-corrected chi connectivity index (χ0v) is 15.1. The second-order valence-corrected chi connectivity index (χ2v) is 8.14. The van der Waals surface area contributed by atoms with Gasteiger partial charge in [-0.15, -0.1) is 0 Å². The molecule has 1 N–H and O–H groups in total. The van der Waals surface area contributed by atoms with E-state index in [1.54, 1.807) is 0 Å². The molecular formula is C19H24BFO4. The van der Waals surface area contributed by atoms with Crippen LogP contribution in [0.1, 0.15) is 46.1 Å². The van der Waals surface area contributed by atoms with Crippen molar-refractivity contribution in [3.63, 3.8) is 0 Å². The first-order valence-corrected chi connectivity index (χ1v) is 8.57. The topological polar surface area (TPSA) is 55.8 Å². The summed E-state index contributed by atoms with van der Waals surface area (Å²) >= 11 is 0. The summed E-state index contributed by atoms with van der Waals surface area (Å²) in [5, 5.41) is 9.67. The van der Waals surface area contributed by atoms with Gasteiger partial charge < -0.3 is 14.4 Å². The summed E-state index contributed by atoms with van der Waals surface area (Å²) in [6, 6.07) is 9.45. The van der Waals surface area contributed by atoms with Gasteiger partial charge in [-0.05, 0) is 58.1 Å². The SMILES string of the molecule is CC1(C)OB(C(F)=C2CC(Cc3ccccc3)(C(=O)O)C2)OC1(C)C. The molecule has 2 aliphatic rings. The van der Waals surface area contributed by atoms with Crippen LogP contribution in [0, 0.1) is 5.41 Å². The van der Waals surface area contributed by atoms with Gasteiger partial charge >= 0.3 is 13.1 Å². The van der Waals surface area contributed by atoms with Crippen LogP contribution < -0.4 is 0 Å². The van der Waals surface area contributed by atoms with Crippen molar-refractivity contribution in [2.75, 3.05) is 0 Å². The lowest BCUT2D eigenvalue weighted by atomic mass is 9.60. The highest BCUT2D eigenvalue weighted by Crippen LogP contribution is 2.51. The van der Waals surface area contributed by atoms with Gasteiger partial charge in [-0.3, -0.25) is 4.79 Å². The molecule has 1 aromatic rings. The normalized spacial score (nSPS) is 27.1. The number of carboxylic acids is 1. The molecule has 1 aliphatic heterocycles. The average molecular weight is 346 g/mol. The van der Waals surface area contributed by atoms with Crippen LogP contribution in [-0.2, 0) is 20.5 Å². The maximum absolute atomic E-state index is 14.8. The fraction of sp³-hybridized carbons (Fsp3) is 0.526. The van der Waals surface area contributed by atoms with E-state index in [4.69, 9.17) is 9.31 Å². The van der Waals surface area contributed by atoms with Crippen LogP contribution in [0.15, 0.2) is 41.6 Å². The molecule has 4 nitrogen and oxygen atoms in total. The van der Waals surface area contributed by atoms with Gasteiger partial charge in [0.1, 0.15) is 5.73 Å². The quantitative estimate of drug-likeness (QED) is 0.839. The molecule has 0 aromatic heterocycles. The van der Waals surface area contributed by atoms with Crippen molar-refractivity contribution in [2.24, 2.45) is 5.41 Å². The van der Waals surface area contributed by atoms with Crippen molar-refractivity contribution in [3.8, 4) is 0 Å². The summed E-state index contributed by atoms with van der Waals surface area (Å²) in [6.45, 7) is 7.46. The van der Waals surface area contributed by atoms with E-state index in [1.807, 2.05) is 58.0 Å². The van der Waals surface area contributed by atoms with Crippen molar-refractivity contribution in [3.05, 3.63) is 47.2 Å². The third-order valence-corrected chi connectivity index (χ3v) is 5.74. The van der Waals surface area contributed by atoms with E-state index in [0.717, 1.165) is 5.56 Å². The van der Waals surface area contributed by atoms with E-state index in [1.165, 1.54) is 0 Å². The molecule has 134 valence electrons. The van der Waals surface area contributed by atoms with E-state index in [-0.39, 0.29) is 12.8 Å². The van der Waals surface area contributed by atoms with Crippen molar-refractivity contribution in [2.45, 2.75) is 58.2 Å². The van der Waals surface area contributed by atoms with E-state index in [2.05, 4.69) is 0 Å². The number of benzene rings is 1. The molecule has 3 rings (SSSR count). The standard InChI is InChI=1S/C19H24BFO4/c1-17(2)18(3,4)25-20(24-17)15(21)14-11-19(12-14,16(22)23)10-13-8-6-5-7-9-13/h5-9H,10-12H2,1-4H3,(H,22,23). The van der Waals surface area contributed by atoms with Crippen LogP contribution in [0.4, 0.5) is 4.39 Å². The molecule has 1 heterocycles. The zero-order chi connectivity index (χ0) is 18.5. The highest BCUT2D eigenvalue weighted by atomic mass is 19.1. The number of allylic oxidation sites excluding steroid dienone is 1. The minimum absolute atomic E-state index is 0.188. The second-order valence-electron chi connectivity index (χ2n) is 8.14. The number of carboxylic acid groups (broad SMARTS) is 1. The zero-order valence-electron chi connectivity index (χ0n) is 15.1. The lowest BCUT2D eigenvalue weighted by Crippen LogP contribution is -2.43. The summed E-state index contributed by atoms with van der Waals surface area (Å²) in [6.07, 6.45) is 0.767. The Morgan fingerprint density at radius 3 is 2.12 bits per heavy atom. The van der Waals surface area contributed by atoms with E-state index >= 15 is 0 Å². The van der Waals surface area contributed by atoms with Gasteiger partial charge in [0.05, 0.1) is 16.6 Å². The number of aliphatic carboxylic acids is 1. The van der Waals surface area contributed by atoms with Crippen molar-refractivity contribution < 1.29 is 23.6 Å². The van der Waals surface area contributed by atoms with Crippen molar-refractivity contribution in [1.82, 2.24) is 0 Å². The maximum atomic E-state index is 14.8. The second kappa shape index (κ2) is 5.96. The number of hydrogen-bond acceptors (Lipinski definition) is 3. The molecule has 0 atom stereocenters. The molecule has 25 heavy (non-hydrogen) atoms. The van der Waals surface area contributed by atoms with Crippen LogP contribution in [-0.4, -0.2) is 29.4 Å². The van der Waals surface area contributed by atoms with Crippen LogP contribution in [0.5, 0.6) is 0 Å². The first-order chi connectivity index (χ1) is 11.6. The Hall–Kier alpha value is -1.66. The third-order valence-electron chi connectivity index (χ3n) is 5.74. The maximum Gasteiger partial charge on any atom is 0.525 e. The molecule has 1 saturated heterocycles. The summed E-state index contributed by atoms with van der Waals surface area (Å²) in [5.41, 5.74) is -1.22. The smallest absolute Gasteiger partial charge is 0.481 e. The lowest BCUT2D eigenvalue weighted by Gasteiger charge is -2.40. The molecule has 1 saturated carbocycles. The molecule has 1 aliphatic carbocycles. The predicted molar refractivity (Wildman–Crippen MR) is 93.7 cm³/mol. The number of carbonyl (C=O) groups is 1. The van der Waals surface area contributed by atoms with Crippen LogP contribution in [0.3, 0.4) is 0 Å². The predicted octanol–water partition coefficient (Wildman–Crippen LogP) is 3.95. The molecule has 0 amide bonds. The Labute approximate surface area is 148 Å². The molecule has 0 unspecified atom stereocenters. The highest BCUT2D eigenvalue weighted by molar-refractivity contribution is 6.54. The molecular weight excluding hydrogens is 322 g/mol. The van der Waals surface area contributed by atoms with Gasteiger partial charge in [-0.25, -0.2) is 4.39 Å². The molecule has 0 spiro atoms. The van der Waals surface area contributed by atoms with Crippen molar-refractivity contribution >= 4 is 13.1 Å². The fourth-order valence-corrected chi connectivity index (χ4v) is 3.39. The minimum Gasteiger partial charge on any atom is -0.481 e. The highest BCUT2D eigenvalue weighted by Gasteiger charge is 2.56. The summed E-state index contributed by atoms with van der Waals surface area (Å²) < 4.78 is 26.3. The Morgan fingerprint density at radius 1 is 1.12 bits per heavy atom. The van der Waals surface area contributed by atoms with Gasteiger partial charge in [0.25, 0.3) is 0 Å². The number of rotatable bonds is 4. The Balaban J connectivity index is 1.76. The van der Waals surface area contributed by atoms with Gasteiger partial charge in [-0.2, -0.15) is 0 Å². The average Bonchev–Trinajstić information content (AvgIpc) is 2.71. The molecule has 2 fully saturated rings. The monoisotopic (exact) mass is 346 g/mol. The molecule has 6 heteroatoms. The minimum atomic E-state index is -1.05. The third kappa shape index (κ3) is 3.13. The Morgan fingerprint density at radius 2 is 1.64 bits per heavy atom. The molecule has 0 bridgehead atoms. The van der Waals surface area contributed by atoms with Gasteiger partial charge in [0.2, 0.25) is 0 Å². The van der Waals surface area contributed by atoms with E-state index in [9.17, 15) is 14.3 Å². The van der Waals surface area contributed by atoms with Crippen LogP contribution >= 0.6 is 0 Å². The van der Waals surface area contributed by atoms with Crippen LogP contribution in [0.25, 0.3) is 0 Å². The van der Waals surface area contributed by atoms with Crippen LogP contribution in [0.2, 0.25) is 0 Å². The van der Waals surface area contributed by atoms with Gasteiger partial charge in [0.15, 0.2) is 0 Å². The fourth-order valence-electron chi connectivity index (χ4n) is 3.39. The van der Waals surface area contributed by atoms with Gasteiger partial charge in [0, 0.05) is 0 Å². The number of halogens is 1. The van der Waals surface area contributed by atoms with Gasteiger partial charge in [-0.1, -0.05) is 30.3 Å². The first kappa shape index (κ1) is 18.1. The molecule has 0 radical (unpaired) electrons. The van der Waals surface area contributed by atoms with E-state index in [0.29, 0.717) is 12.0 Å². The Bertz CT molecular complexity index is 687. The van der Waals surface area contributed by atoms with Crippen molar-refractivity contribution in [1.29, 1.82) is 0 Å². The summed E-state index contributed by atoms with van der Waals surface area (Å²) in [4.78, 5) is 11.8. The number of hydrogen-bond donors (Lipinski definition) is 1. The Kier molecular flexibility index (Phi) is 4.32.